The molecular formula is C28H24ClN9O4S. The van der Waals surface area contributed by atoms with Gasteiger partial charge in [0.2, 0.25) is 5.91 Å². The van der Waals surface area contributed by atoms with Crippen molar-refractivity contribution in [3.63, 3.8) is 0 Å². The molecule has 0 saturated carbocycles. The van der Waals surface area contributed by atoms with Gasteiger partial charge in [0.05, 0.1) is 35.1 Å². The number of amides is 2. The predicted octanol–water partition coefficient (Wildman–Crippen LogP) is 4.12. The molecule has 5 aromatic rings. The molecule has 2 amide bonds. The van der Waals surface area contributed by atoms with Crippen LogP contribution in [0.2, 0.25) is 5.02 Å². The molecule has 3 heterocycles. The van der Waals surface area contributed by atoms with Crippen molar-refractivity contribution < 1.29 is 14.3 Å². The number of anilines is 1. The Morgan fingerprint density at radius 3 is 2.70 bits per heavy atom. The second kappa shape index (κ2) is 13.2. The summed E-state index contributed by atoms with van der Waals surface area (Å²) in [5.74, 6) is -0.409. The third-order valence-corrected chi connectivity index (χ3v) is 7.39. The Kier molecular flexibility index (Phi) is 8.98. The van der Waals surface area contributed by atoms with E-state index in [9.17, 15) is 14.4 Å². The maximum absolute atomic E-state index is 13.2. The van der Waals surface area contributed by atoms with E-state index >= 15 is 0 Å². The zero-order chi connectivity index (χ0) is 30.3. The number of hydrogen-bond acceptors (Lipinski definition) is 10. The summed E-state index contributed by atoms with van der Waals surface area (Å²) in [5.41, 5.74) is 3.56. The third-order valence-electron chi connectivity index (χ3n) is 6.17. The number of aromatic nitrogens is 7. The van der Waals surface area contributed by atoms with Crippen molar-refractivity contribution in [3.05, 3.63) is 104 Å². The van der Waals surface area contributed by atoms with Gasteiger partial charge in [-0.3, -0.25) is 14.9 Å². The zero-order valence-corrected chi connectivity index (χ0v) is 24.4. The molecule has 218 valence electrons. The molecule has 0 radical (unpaired) electrons. The summed E-state index contributed by atoms with van der Waals surface area (Å²) in [4.78, 5) is 42.0. The number of carbonyl (C=O) groups excluding carboxylic acids is 2. The Hall–Kier alpha value is -5.21. The van der Waals surface area contributed by atoms with Crippen molar-refractivity contribution >= 4 is 46.7 Å². The smallest absolute Gasteiger partial charge is 0.411 e. The monoisotopic (exact) mass is 617 g/mol. The first-order chi connectivity index (χ1) is 20.8. The molecule has 3 aromatic heterocycles. The Balaban J connectivity index is 1.42. The van der Waals surface area contributed by atoms with Gasteiger partial charge in [0, 0.05) is 39.8 Å². The number of thiazole rings is 1. The highest BCUT2D eigenvalue weighted by molar-refractivity contribution is 7.09. The number of H-pyrrole nitrogens is 1. The highest BCUT2D eigenvalue weighted by Crippen LogP contribution is 2.24. The van der Waals surface area contributed by atoms with Gasteiger partial charge >= 0.3 is 6.09 Å². The van der Waals surface area contributed by atoms with Crippen LogP contribution in [0.15, 0.2) is 71.1 Å². The number of aromatic amines is 1. The number of nitrogens with one attached hydrogen (secondary N) is 3. The Morgan fingerprint density at radius 2 is 2.00 bits per heavy atom. The number of tetrazole rings is 1. The van der Waals surface area contributed by atoms with E-state index in [4.69, 9.17) is 11.6 Å². The van der Waals surface area contributed by atoms with Crippen molar-refractivity contribution in [3.8, 4) is 16.8 Å². The molecule has 43 heavy (non-hydrogen) atoms. The quantitative estimate of drug-likeness (QED) is 0.206. The number of hydrogen-bond donors (Lipinski definition) is 3. The molecule has 1 unspecified atom stereocenters. The molecule has 0 aliphatic heterocycles. The Bertz CT molecular complexity index is 1840. The largest absolute Gasteiger partial charge is 0.453 e. The van der Waals surface area contributed by atoms with Crippen molar-refractivity contribution in [2.24, 2.45) is 0 Å². The van der Waals surface area contributed by atoms with Crippen LogP contribution < -0.4 is 16.2 Å². The normalized spacial score (nSPS) is 11.8. The van der Waals surface area contributed by atoms with E-state index in [1.54, 1.807) is 54.6 Å². The molecule has 0 spiro atoms. The average molecular weight is 618 g/mol. The second-order valence-corrected chi connectivity index (χ2v) is 10.5. The Morgan fingerprint density at radius 1 is 1.19 bits per heavy atom. The maximum Gasteiger partial charge on any atom is 0.411 e. The number of halogens is 1. The van der Waals surface area contributed by atoms with E-state index in [0.717, 1.165) is 10.7 Å². The number of methoxy groups -OCH3 is 1. The molecule has 2 aromatic carbocycles. The average Bonchev–Trinajstić information content (AvgIpc) is 3.68. The standard InChI is InChI=1S/C28H24ClN9O4S/c1-16-14-43-26(31-16)13-22(33-25(39)10-5-18-11-19(29)6-9-24(18)38-15-30-36-37-38)23-12-21(27(40)35-34-23)17-3-7-20(8-4-17)32-28(41)42-2/h3-12,14-15,22H,13H2,1-2H3,(H,32,41)(H,33,39)(H,35,40)/b10-5+. The van der Waals surface area contributed by atoms with E-state index in [2.05, 4.69) is 46.1 Å². The van der Waals surface area contributed by atoms with Crippen LogP contribution in [0.1, 0.15) is 28.0 Å². The number of benzene rings is 2. The molecule has 13 nitrogen and oxygen atoms in total. The van der Waals surface area contributed by atoms with E-state index in [-0.39, 0.29) is 0 Å². The van der Waals surface area contributed by atoms with Crippen molar-refractivity contribution in [2.75, 3.05) is 12.4 Å². The van der Waals surface area contributed by atoms with E-state index in [1.807, 2.05) is 12.3 Å². The van der Waals surface area contributed by atoms with E-state index in [1.165, 1.54) is 35.5 Å². The van der Waals surface area contributed by atoms with Gasteiger partial charge < -0.3 is 10.1 Å². The number of carbonyl (C=O) groups is 2. The third kappa shape index (κ3) is 7.36. The van der Waals surface area contributed by atoms with Gasteiger partial charge in [-0.25, -0.2) is 14.9 Å². The molecule has 0 fully saturated rings. The topological polar surface area (TPSA) is 170 Å². The second-order valence-electron chi connectivity index (χ2n) is 9.17. The molecule has 15 heteroatoms. The van der Waals surface area contributed by atoms with Gasteiger partial charge in [-0.2, -0.15) is 9.78 Å². The number of aryl methyl sites for hydroxylation is 1. The fraction of sp³-hybridized carbons (Fsp3) is 0.143. The maximum atomic E-state index is 13.2. The van der Waals surface area contributed by atoms with Gasteiger partial charge in [-0.05, 0) is 65.4 Å². The molecule has 1 atom stereocenters. The van der Waals surface area contributed by atoms with E-state index in [0.29, 0.717) is 45.2 Å². The van der Waals surface area contributed by atoms with Gasteiger partial charge in [-0.1, -0.05) is 23.7 Å². The summed E-state index contributed by atoms with van der Waals surface area (Å²) >= 11 is 7.67. The zero-order valence-electron chi connectivity index (χ0n) is 22.8. The lowest BCUT2D eigenvalue weighted by Gasteiger charge is -2.17. The lowest BCUT2D eigenvalue weighted by atomic mass is 10.0. The number of ether oxygens (including phenoxy) is 1. The minimum absolute atomic E-state index is 0.338. The van der Waals surface area contributed by atoms with Crippen LogP contribution in [0.3, 0.4) is 0 Å². The van der Waals surface area contributed by atoms with Gasteiger partial charge in [0.25, 0.3) is 5.56 Å². The summed E-state index contributed by atoms with van der Waals surface area (Å²) in [5, 5.41) is 26.8. The molecule has 0 bridgehead atoms. The predicted molar refractivity (Wildman–Crippen MR) is 161 cm³/mol. The summed E-state index contributed by atoms with van der Waals surface area (Å²) in [6.45, 7) is 1.89. The van der Waals surface area contributed by atoms with Gasteiger partial charge in [0.1, 0.15) is 6.33 Å². The van der Waals surface area contributed by atoms with Crippen LogP contribution >= 0.6 is 22.9 Å². The molecule has 0 aliphatic carbocycles. The van der Waals surface area contributed by atoms with Crippen LogP contribution in [0.5, 0.6) is 0 Å². The molecule has 0 aliphatic rings. The summed E-state index contributed by atoms with van der Waals surface area (Å²) in [6, 6.07) is 12.8. The van der Waals surface area contributed by atoms with Crippen LogP contribution in [0.25, 0.3) is 22.9 Å². The minimum atomic E-state index is -0.628. The fourth-order valence-electron chi connectivity index (χ4n) is 4.14. The number of nitrogens with zero attached hydrogens (tertiary/aromatic N) is 6. The van der Waals surface area contributed by atoms with Crippen LogP contribution in [0, 0.1) is 6.92 Å². The first-order valence-electron chi connectivity index (χ1n) is 12.8. The molecular weight excluding hydrogens is 594 g/mol. The van der Waals surface area contributed by atoms with Crippen molar-refractivity contribution in [1.82, 2.24) is 40.7 Å². The molecule has 0 saturated heterocycles. The lowest BCUT2D eigenvalue weighted by molar-refractivity contribution is -0.117. The highest BCUT2D eigenvalue weighted by Gasteiger charge is 2.20. The van der Waals surface area contributed by atoms with Crippen LogP contribution in [-0.4, -0.2) is 54.5 Å². The van der Waals surface area contributed by atoms with Crippen molar-refractivity contribution in [1.29, 1.82) is 0 Å². The van der Waals surface area contributed by atoms with Crippen LogP contribution in [0.4, 0.5) is 10.5 Å². The van der Waals surface area contributed by atoms with Gasteiger partial charge in [0.15, 0.2) is 0 Å². The summed E-state index contributed by atoms with van der Waals surface area (Å²) in [7, 11) is 1.27. The highest BCUT2D eigenvalue weighted by atomic mass is 35.5. The van der Waals surface area contributed by atoms with Crippen molar-refractivity contribution in [2.45, 2.75) is 19.4 Å². The fourth-order valence-corrected chi connectivity index (χ4v) is 5.14. The Labute approximate surface area is 253 Å². The first kappa shape index (κ1) is 29.3. The molecule has 3 N–H and O–H groups in total. The van der Waals surface area contributed by atoms with Crippen LogP contribution in [-0.2, 0) is 16.0 Å². The lowest BCUT2D eigenvalue weighted by Crippen LogP contribution is -2.30. The number of rotatable bonds is 9. The molecule has 5 rings (SSSR count). The first-order valence-corrected chi connectivity index (χ1v) is 14.0. The summed E-state index contributed by atoms with van der Waals surface area (Å²) < 4.78 is 6.07. The summed E-state index contributed by atoms with van der Waals surface area (Å²) in [6.07, 6.45) is 4.15. The van der Waals surface area contributed by atoms with Gasteiger partial charge in [-0.15, -0.1) is 16.4 Å². The SMILES string of the molecule is COC(=O)Nc1ccc(-c2cc(C(Cc3nc(C)cs3)NC(=O)/C=C/c3cc(Cl)ccc3-n3cnnn3)n[nH]c2=O)cc1. The van der Waals surface area contributed by atoms with E-state index < -0.39 is 23.6 Å². The minimum Gasteiger partial charge on any atom is -0.453 e.